The van der Waals surface area contributed by atoms with E-state index in [0.29, 0.717) is 0 Å². The van der Waals surface area contributed by atoms with Gasteiger partial charge in [-0.2, -0.15) is 11.3 Å². The maximum absolute atomic E-state index is 6.35. The van der Waals surface area contributed by atoms with Gasteiger partial charge in [-0.25, -0.2) is 4.98 Å². The van der Waals surface area contributed by atoms with Crippen LogP contribution in [-0.2, 0) is 0 Å². The van der Waals surface area contributed by atoms with Gasteiger partial charge in [0.2, 0.25) is 0 Å². The van der Waals surface area contributed by atoms with Crippen molar-refractivity contribution in [1.29, 1.82) is 0 Å². The van der Waals surface area contributed by atoms with Gasteiger partial charge >= 0.3 is 0 Å². The van der Waals surface area contributed by atoms with Gasteiger partial charge in [0.25, 0.3) is 0 Å². The number of alkyl halides is 1. The minimum Gasteiger partial charge on any atom is -0.293 e. The summed E-state index contributed by atoms with van der Waals surface area (Å²) in [5, 5.41) is 5.10. The van der Waals surface area contributed by atoms with Crippen molar-refractivity contribution in [1.82, 2.24) is 14.5 Å². The normalized spacial score (nSPS) is 13.0. The van der Waals surface area contributed by atoms with Gasteiger partial charge in [0, 0.05) is 10.8 Å². The molecular formula is C16H12ClN3S. The Kier molecular flexibility index (Phi) is 2.94. The van der Waals surface area contributed by atoms with Gasteiger partial charge in [-0.3, -0.25) is 9.55 Å². The maximum Gasteiger partial charge on any atom is 0.132 e. The first kappa shape index (κ1) is 12.8. The van der Waals surface area contributed by atoms with E-state index in [9.17, 15) is 0 Å². The molecule has 3 nitrogen and oxygen atoms in total. The van der Waals surface area contributed by atoms with E-state index in [2.05, 4.69) is 32.4 Å². The number of rotatable bonds is 2. The smallest absolute Gasteiger partial charge is 0.132 e. The zero-order valence-electron chi connectivity index (χ0n) is 11.3. The summed E-state index contributed by atoms with van der Waals surface area (Å²) in [7, 11) is 0. The van der Waals surface area contributed by atoms with E-state index in [1.807, 2.05) is 31.3 Å². The Morgan fingerprint density at radius 3 is 2.81 bits per heavy atom. The Morgan fingerprint density at radius 1 is 1.19 bits per heavy atom. The zero-order chi connectivity index (χ0) is 14.4. The average molecular weight is 314 g/mol. The lowest BCUT2D eigenvalue weighted by Crippen LogP contribution is -2.00. The van der Waals surface area contributed by atoms with Crippen LogP contribution in [0.15, 0.2) is 47.3 Å². The van der Waals surface area contributed by atoms with Crippen LogP contribution in [0.4, 0.5) is 0 Å². The first-order valence-corrected chi connectivity index (χ1v) is 8.06. The molecule has 0 aliphatic heterocycles. The Morgan fingerprint density at radius 2 is 2.05 bits per heavy atom. The monoisotopic (exact) mass is 313 g/mol. The first-order valence-electron chi connectivity index (χ1n) is 6.68. The number of imidazole rings is 1. The molecule has 104 valence electrons. The highest BCUT2D eigenvalue weighted by Gasteiger charge is 2.18. The number of pyridine rings is 1. The second-order valence-corrected chi connectivity index (χ2v) is 6.35. The van der Waals surface area contributed by atoms with Crippen molar-refractivity contribution in [3.63, 3.8) is 0 Å². The van der Waals surface area contributed by atoms with Crippen molar-refractivity contribution in [2.45, 2.75) is 12.3 Å². The molecule has 0 spiro atoms. The molecule has 0 saturated heterocycles. The summed E-state index contributed by atoms with van der Waals surface area (Å²) in [6.07, 6.45) is 1.82. The van der Waals surface area contributed by atoms with E-state index in [1.165, 1.54) is 0 Å². The third-order valence-corrected chi connectivity index (χ3v) is 4.40. The van der Waals surface area contributed by atoms with Gasteiger partial charge in [-0.15, -0.1) is 11.6 Å². The molecule has 21 heavy (non-hydrogen) atoms. The average Bonchev–Trinajstić information content (AvgIpc) is 3.13. The van der Waals surface area contributed by atoms with Crippen molar-refractivity contribution in [2.24, 2.45) is 0 Å². The summed E-state index contributed by atoms with van der Waals surface area (Å²) in [5.41, 5.74) is 4.01. The highest BCUT2D eigenvalue weighted by molar-refractivity contribution is 7.08. The predicted molar refractivity (Wildman–Crippen MR) is 88.5 cm³/mol. The number of fused-ring (bicyclic) bond motifs is 3. The van der Waals surface area contributed by atoms with Crippen molar-refractivity contribution in [2.75, 3.05) is 0 Å². The molecule has 0 amide bonds. The lowest BCUT2D eigenvalue weighted by atomic mass is 10.2. The van der Waals surface area contributed by atoms with Gasteiger partial charge in [-0.05, 0) is 24.4 Å². The molecule has 1 atom stereocenters. The predicted octanol–water partition coefficient (Wildman–Crippen LogP) is 4.94. The lowest BCUT2D eigenvalue weighted by Gasteiger charge is -2.09. The van der Waals surface area contributed by atoms with Gasteiger partial charge in [0.1, 0.15) is 11.3 Å². The standard InChI is InChI=1S/C16H12ClN3S/c1-10(17)16-19-14-8-18-13-5-3-2-4-12(13)15(14)20(16)11-6-7-21-9-11/h2-10H,1H3. The number of benzene rings is 1. The van der Waals surface area contributed by atoms with Crippen molar-refractivity contribution in [3.05, 3.63) is 53.1 Å². The van der Waals surface area contributed by atoms with Crippen LogP contribution >= 0.6 is 22.9 Å². The van der Waals surface area contributed by atoms with E-state index < -0.39 is 0 Å². The second-order valence-electron chi connectivity index (χ2n) is 4.91. The fraction of sp³-hybridized carbons (Fsp3) is 0.125. The largest absolute Gasteiger partial charge is 0.293 e. The Labute approximate surface area is 130 Å². The van der Waals surface area contributed by atoms with Gasteiger partial charge in [0.15, 0.2) is 0 Å². The van der Waals surface area contributed by atoms with E-state index in [-0.39, 0.29) is 5.38 Å². The molecule has 0 aliphatic rings. The molecule has 0 aliphatic carbocycles. The molecule has 0 N–H and O–H groups in total. The van der Waals surface area contributed by atoms with E-state index in [0.717, 1.165) is 33.4 Å². The third-order valence-electron chi connectivity index (χ3n) is 3.54. The maximum atomic E-state index is 6.35. The van der Waals surface area contributed by atoms with Crippen molar-refractivity contribution in [3.8, 4) is 5.69 Å². The molecule has 0 bridgehead atoms. The highest BCUT2D eigenvalue weighted by Crippen LogP contribution is 2.32. The topological polar surface area (TPSA) is 30.7 Å². The SMILES string of the molecule is CC(Cl)c1nc2cnc3ccccc3c2n1-c1ccsc1. The molecule has 4 rings (SSSR count). The summed E-state index contributed by atoms with van der Waals surface area (Å²) in [5.74, 6) is 0.850. The summed E-state index contributed by atoms with van der Waals surface area (Å²) >= 11 is 8.01. The highest BCUT2D eigenvalue weighted by atomic mass is 35.5. The third kappa shape index (κ3) is 1.94. The van der Waals surface area contributed by atoms with Gasteiger partial charge in [-0.1, -0.05) is 18.2 Å². The molecule has 5 heteroatoms. The Hall–Kier alpha value is -1.91. The fourth-order valence-electron chi connectivity index (χ4n) is 2.63. The first-order chi connectivity index (χ1) is 10.3. The van der Waals surface area contributed by atoms with Gasteiger partial charge < -0.3 is 0 Å². The van der Waals surface area contributed by atoms with E-state index >= 15 is 0 Å². The van der Waals surface area contributed by atoms with E-state index in [4.69, 9.17) is 16.6 Å². The minimum absolute atomic E-state index is 0.170. The molecule has 0 saturated carbocycles. The van der Waals surface area contributed by atoms with Crippen LogP contribution in [0.5, 0.6) is 0 Å². The summed E-state index contributed by atoms with van der Waals surface area (Å²) in [4.78, 5) is 9.18. The number of aromatic nitrogens is 3. The molecular weight excluding hydrogens is 302 g/mol. The molecule has 1 unspecified atom stereocenters. The van der Waals surface area contributed by atoms with Crippen LogP contribution < -0.4 is 0 Å². The number of thiophene rings is 1. The van der Waals surface area contributed by atoms with Crippen molar-refractivity contribution >= 4 is 44.9 Å². The lowest BCUT2D eigenvalue weighted by molar-refractivity contribution is 0.886. The number of hydrogen-bond acceptors (Lipinski definition) is 3. The number of para-hydroxylation sites is 1. The zero-order valence-corrected chi connectivity index (χ0v) is 12.9. The molecule has 3 heterocycles. The quantitative estimate of drug-likeness (QED) is 0.491. The number of nitrogens with zero attached hydrogens (tertiary/aromatic N) is 3. The fourth-order valence-corrected chi connectivity index (χ4v) is 3.40. The number of hydrogen-bond donors (Lipinski definition) is 0. The molecule has 0 radical (unpaired) electrons. The van der Waals surface area contributed by atoms with Crippen LogP contribution in [0.1, 0.15) is 18.1 Å². The second kappa shape index (κ2) is 4.83. The van der Waals surface area contributed by atoms with E-state index in [1.54, 1.807) is 11.3 Å². The molecule has 3 aromatic heterocycles. The Balaban J connectivity index is 2.21. The van der Waals surface area contributed by atoms with Crippen LogP contribution in [0.3, 0.4) is 0 Å². The van der Waals surface area contributed by atoms with Gasteiger partial charge in [0.05, 0.1) is 28.3 Å². The number of halogens is 1. The van der Waals surface area contributed by atoms with Crippen LogP contribution in [0.2, 0.25) is 0 Å². The summed E-state index contributed by atoms with van der Waals surface area (Å²) < 4.78 is 2.15. The molecule has 0 fully saturated rings. The molecule has 4 aromatic rings. The van der Waals surface area contributed by atoms with Crippen LogP contribution in [-0.4, -0.2) is 14.5 Å². The van der Waals surface area contributed by atoms with Crippen LogP contribution in [0.25, 0.3) is 27.6 Å². The summed E-state index contributed by atoms with van der Waals surface area (Å²) in [6, 6.07) is 10.2. The minimum atomic E-state index is -0.170. The summed E-state index contributed by atoms with van der Waals surface area (Å²) in [6.45, 7) is 1.95. The molecule has 1 aromatic carbocycles. The van der Waals surface area contributed by atoms with Crippen LogP contribution in [0, 0.1) is 0 Å². The van der Waals surface area contributed by atoms with Crippen molar-refractivity contribution < 1.29 is 0 Å². The Bertz CT molecular complexity index is 925.